The van der Waals surface area contributed by atoms with Gasteiger partial charge in [0.05, 0.1) is 15.3 Å². The number of amides is 2. The van der Waals surface area contributed by atoms with Gasteiger partial charge in [0.15, 0.2) is 6.61 Å². The number of carbonyl (C=O) groups excluding carboxylic acids is 2. The number of hydrogen-bond acceptors (Lipinski definition) is 6. The molecule has 2 unspecified atom stereocenters. The van der Waals surface area contributed by atoms with Crippen LogP contribution in [0.3, 0.4) is 0 Å². The molecule has 2 amide bonds. The Labute approximate surface area is 184 Å². The summed E-state index contributed by atoms with van der Waals surface area (Å²) >= 11 is 7.38. The molecule has 30 heavy (non-hydrogen) atoms. The van der Waals surface area contributed by atoms with E-state index >= 15 is 0 Å². The van der Waals surface area contributed by atoms with Gasteiger partial charge in [0.25, 0.3) is 11.8 Å². The molecule has 0 aliphatic carbocycles. The van der Waals surface area contributed by atoms with E-state index in [2.05, 4.69) is 10.5 Å². The normalized spacial score (nSPS) is 16.4. The molecule has 160 valence electrons. The van der Waals surface area contributed by atoms with Crippen LogP contribution in [0, 0.1) is 0 Å². The number of halogens is 1. The SMILES string of the molecule is CCC(NC(=O)C1CC(c2ccc(Cl)s2)=NO1)c1ccccc1OCC(=O)N(C)C. The lowest BCUT2D eigenvalue weighted by atomic mass is 10.0. The molecule has 0 spiro atoms. The molecule has 3 rings (SSSR count). The average Bonchev–Trinajstić information content (AvgIpc) is 3.39. The van der Waals surface area contributed by atoms with E-state index in [0.29, 0.717) is 28.6 Å². The Morgan fingerprint density at radius 1 is 1.33 bits per heavy atom. The molecule has 0 radical (unpaired) electrons. The molecule has 2 aromatic rings. The fourth-order valence-corrected chi connectivity index (χ4v) is 4.00. The summed E-state index contributed by atoms with van der Waals surface area (Å²) in [5, 5.41) is 7.07. The predicted molar refractivity (Wildman–Crippen MR) is 117 cm³/mol. The van der Waals surface area contributed by atoms with Gasteiger partial charge in [-0.1, -0.05) is 41.9 Å². The molecule has 0 saturated carbocycles. The molecule has 1 aromatic heterocycles. The number of nitrogens with one attached hydrogen (secondary N) is 1. The molecule has 1 aliphatic heterocycles. The lowest BCUT2D eigenvalue weighted by Gasteiger charge is -2.22. The summed E-state index contributed by atoms with van der Waals surface area (Å²) in [6.45, 7) is 1.90. The maximum atomic E-state index is 12.8. The van der Waals surface area contributed by atoms with Gasteiger partial charge < -0.3 is 19.8 Å². The number of likely N-dealkylation sites (N-methyl/N-ethyl adjacent to an activating group) is 1. The zero-order valence-corrected chi connectivity index (χ0v) is 18.6. The van der Waals surface area contributed by atoms with Crippen LogP contribution >= 0.6 is 22.9 Å². The fourth-order valence-electron chi connectivity index (χ4n) is 2.97. The zero-order chi connectivity index (χ0) is 21.7. The van der Waals surface area contributed by atoms with Crippen LogP contribution in [0.4, 0.5) is 0 Å². The molecule has 1 aliphatic rings. The summed E-state index contributed by atoms with van der Waals surface area (Å²) in [6, 6.07) is 10.8. The molecule has 2 heterocycles. The Bertz CT molecular complexity index is 944. The highest BCUT2D eigenvalue weighted by molar-refractivity contribution is 7.18. The Balaban J connectivity index is 1.64. The van der Waals surface area contributed by atoms with Crippen molar-refractivity contribution in [2.24, 2.45) is 5.16 Å². The van der Waals surface area contributed by atoms with Crippen molar-refractivity contribution in [3.8, 4) is 5.75 Å². The number of carbonyl (C=O) groups is 2. The van der Waals surface area contributed by atoms with Gasteiger partial charge in [0.1, 0.15) is 11.5 Å². The van der Waals surface area contributed by atoms with Crippen molar-refractivity contribution in [1.82, 2.24) is 10.2 Å². The minimum Gasteiger partial charge on any atom is -0.483 e. The largest absolute Gasteiger partial charge is 0.483 e. The zero-order valence-electron chi connectivity index (χ0n) is 17.1. The number of hydrogen-bond donors (Lipinski definition) is 1. The summed E-state index contributed by atoms with van der Waals surface area (Å²) in [7, 11) is 3.35. The van der Waals surface area contributed by atoms with Crippen LogP contribution in [-0.2, 0) is 14.4 Å². The summed E-state index contributed by atoms with van der Waals surface area (Å²) < 4.78 is 6.38. The van der Waals surface area contributed by atoms with Crippen LogP contribution in [0.1, 0.15) is 36.2 Å². The van der Waals surface area contributed by atoms with Crippen LogP contribution in [0.15, 0.2) is 41.6 Å². The summed E-state index contributed by atoms with van der Waals surface area (Å²) in [6.07, 6.45) is 0.335. The lowest BCUT2D eigenvalue weighted by molar-refractivity contribution is -0.132. The Kier molecular flexibility index (Phi) is 7.33. The maximum absolute atomic E-state index is 12.8. The van der Waals surface area contributed by atoms with Crippen LogP contribution in [0.2, 0.25) is 4.34 Å². The standard InChI is InChI=1S/C21H24ClN3O4S/c1-4-14(13-7-5-6-8-16(13)28-12-20(26)25(2)3)23-21(27)17-11-15(24-29-17)18-9-10-19(22)30-18/h5-10,14,17H,4,11-12H2,1-3H3,(H,23,27). The molecular weight excluding hydrogens is 426 g/mol. The second kappa shape index (κ2) is 9.95. The minimum atomic E-state index is -0.696. The van der Waals surface area contributed by atoms with Gasteiger partial charge in [-0.3, -0.25) is 9.59 Å². The van der Waals surface area contributed by atoms with Crippen LogP contribution in [0.25, 0.3) is 0 Å². The van der Waals surface area contributed by atoms with Crippen molar-refractivity contribution < 1.29 is 19.2 Å². The maximum Gasteiger partial charge on any atom is 0.264 e. The highest BCUT2D eigenvalue weighted by atomic mass is 35.5. The van der Waals surface area contributed by atoms with E-state index in [-0.39, 0.29) is 24.5 Å². The van der Waals surface area contributed by atoms with Gasteiger partial charge in [0.2, 0.25) is 6.10 Å². The van der Waals surface area contributed by atoms with Crippen LogP contribution < -0.4 is 10.1 Å². The van der Waals surface area contributed by atoms with Gasteiger partial charge in [-0.15, -0.1) is 11.3 Å². The third kappa shape index (κ3) is 5.31. The number of rotatable bonds is 8. The number of para-hydroxylation sites is 1. The molecule has 1 N–H and O–H groups in total. The second-order valence-electron chi connectivity index (χ2n) is 7.02. The molecule has 9 heteroatoms. The number of thiophene rings is 1. The number of nitrogens with zero attached hydrogens (tertiary/aromatic N) is 2. The molecule has 0 fully saturated rings. The van der Waals surface area contributed by atoms with Crippen LogP contribution in [0.5, 0.6) is 5.75 Å². The van der Waals surface area contributed by atoms with Gasteiger partial charge in [0, 0.05) is 26.1 Å². The molecule has 1 aromatic carbocycles. The van der Waals surface area contributed by atoms with Crippen molar-refractivity contribution >= 4 is 40.5 Å². The first kappa shape index (κ1) is 22.1. The Hall–Kier alpha value is -2.58. The van der Waals surface area contributed by atoms with E-state index in [0.717, 1.165) is 10.4 Å². The Morgan fingerprint density at radius 3 is 2.77 bits per heavy atom. The summed E-state index contributed by atoms with van der Waals surface area (Å²) in [5.41, 5.74) is 1.52. The molecular formula is C21H24ClN3O4S. The average molecular weight is 450 g/mol. The highest BCUT2D eigenvalue weighted by Gasteiger charge is 2.31. The first-order valence-corrected chi connectivity index (χ1v) is 10.8. The number of ether oxygens (including phenoxy) is 1. The van der Waals surface area contributed by atoms with Crippen LogP contribution in [-0.4, -0.2) is 49.2 Å². The highest BCUT2D eigenvalue weighted by Crippen LogP contribution is 2.29. The quantitative estimate of drug-likeness (QED) is 0.667. The molecule has 7 nitrogen and oxygen atoms in total. The third-order valence-electron chi connectivity index (χ3n) is 4.69. The number of benzene rings is 1. The Morgan fingerprint density at radius 2 is 2.10 bits per heavy atom. The van der Waals surface area contributed by atoms with E-state index in [4.69, 9.17) is 21.2 Å². The number of oxime groups is 1. The van der Waals surface area contributed by atoms with Crippen molar-refractivity contribution in [2.45, 2.75) is 31.9 Å². The van der Waals surface area contributed by atoms with Crippen molar-refractivity contribution in [3.05, 3.63) is 51.2 Å². The monoisotopic (exact) mass is 449 g/mol. The van der Waals surface area contributed by atoms with Crippen molar-refractivity contribution in [3.63, 3.8) is 0 Å². The van der Waals surface area contributed by atoms with Gasteiger partial charge in [-0.2, -0.15) is 0 Å². The summed E-state index contributed by atoms with van der Waals surface area (Å²) in [4.78, 5) is 32.4. The molecule has 0 saturated heterocycles. The lowest BCUT2D eigenvalue weighted by Crippen LogP contribution is -2.37. The van der Waals surface area contributed by atoms with Gasteiger partial charge in [-0.05, 0) is 24.6 Å². The van der Waals surface area contributed by atoms with Crippen molar-refractivity contribution in [1.29, 1.82) is 0 Å². The summed E-state index contributed by atoms with van der Waals surface area (Å²) in [5.74, 6) is 0.180. The van der Waals surface area contributed by atoms with E-state index in [1.165, 1.54) is 16.2 Å². The fraction of sp³-hybridized carbons (Fsp3) is 0.381. The van der Waals surface area contributed by atoms with E-state index in [1.807, 2.05) is 31.2 Å². The smallest absolute Gasteiger partial charge is 0.264 e. The van der Waals surface area contributed by atoms with E-state index < -0.39 is 6.10 Å². The van der Waals surface area contributed by atoms with Crippen molar-refractivity contribution in [2.75, 3.05) is 20.7 Å². The predicted octanol–water partition coefficient (Wildman–Crippen LogP) is 3.63. The topological polar surface area (TPSA) is 80.2 Å². The third-order valence-corrected chi connectivity index (χ3v) is 5.97. The second-order valence-corrected chi connectivity index (χ2v) is 8.74. The van der Waals surface area contributed by atoms with Gasteiger partial charge >= 0.3 is 0 Å². The first-order valence-electron chi connectivity index (χ1n) is 9.59. The molecule has 0 bridgehead atoms. The van der Waals surface area contributed by atoms with E-state index in [9.17, 15) is 9.59 Å². The first-order chi connectivity index (χ1) is 14.4. The van der Waals surface area contributed by atoms with E-state index in [1.54, 1.807) is 26.2 Å². The molecule has 2 atom stereocenters. The minimum absolute atomic E-state index is 0.0687. The van der Waals surface area contributed by atoms with Gasteiger partial charge in [-0.25, -0.2) is 0 Å².